The number of hydrogen-bond acceptors (Lipinski definition) is 8. The predicted octanol–water partition coefficient (Wildman–Crippen LogP) is 21.3. The third-order valence-electron chi connectivity index (χ3n) is 18.2. The average molecular weight is 1090 g/mol. The molecule has 6 aromatic rings. The van der Waals surface area contributed by atoms with Crippen molar-refractivity contribution in [1.29, 1.82) is 0 Å². The molecule has 0 aromatic heterocycles. The highest BCUT2D eigenvalue weighted by Crippen LogP contribution is 2.51. The summed E-state index contributed by atoms with van der Waals surface area (Å²) in [5.41, 5.74) is 6.26. The molecule has 0 atom stereocenters. The van der Waals surface area contributed by atoms with E-state index >= 15 is 9.59 Å². The van der Waals surface area contributed by atoms with Crippen molar-refractivity contribution in [2.75, 3.05) is 10.6 Å². The van der Waals surface area contributed by atoms with E-state index < -0.39 is 23.1 Å². The molecule has 81 heavy (non-hydrogen) atoms. The van der Waals surface area contributed by atoms with Gasteiger partial charge in [-0.1, -0.05) is 179 Å². The van der Waals surface area contributed by atoms with E-state index in [0.717, 1.165) is 36.7 Å². The van der Waals surface area contributed by atoms with Crippen molar-refractivity contribution < 1.29 is 29.3 Å². The maximum Gasteiger partial charge on any atom is 0.200 e. The number of aryl methyl sites for hydroxylation is 2. The summed E-state index contributed by atoms with van der Waals surface area (Å²) in [6, 6.07) is 35.4. The van der Waals surface area contributed by atoms with Crippen LogP contribution in [0, 0.1) is 11.8 Å². The fourth-order valence-electron chi connectivity index (χ4n) is 13.1. The van der Waals surface area contributed by atoms with Crippen LogP contribution in [-0.2, 0) is 12.8 Å². The Morgan fingerprint density at radius 1 is 0.420 bits per heavy atom. The number of unbranched alkanes of at least 4 members (excludes halogenated alkanes) is 12. The van der Waals surface area contributed by atoms with Crippen molar-refractivity contribution in [3.8, 4) is 34.5 Å². The number of carbonyl (C=O) groups excluding carboxylic acids is 2. The maximum absolute atomic E-state index is 15.5. The first-order chi connectivity index (χ1) is 39.6. The Bertz CT molecular complexity index is 2970. The summed E-state index contributed by atoms with van der Waals surface area (Å²) in [6.07, 6.45) is 33.5. The molecule has 8 nitrogen and oxygen atoms in total. The number of carbonyl (C=O) groups is 2. The minimum Gasteiger partial charge on any atom is -0.504 e. The molecule has 0 aliphatic heterocycles. The maximum atomic E-state index is 15.5. The van der Waals surface area contributed by atoms with Gasteiger partial charge in [-0.05, 0) is 165 Å². The molecular formula is C73H92N2O6. The highest BCUT2D eigenvalue weighted by Gasteiger charge is 2.41. The highest BCUT2D eigenvalue weighted by molar-refractivity contribution is 6.34. The van der Waals surface area contributed by atoms with E-state index in [4.69, 9.17) is 9.47 Å². The molecule has 0 bridgehead atoms. The standard InChI is InChI=1S/C73H92N2O6/c1-5-9-12-15-18-21-51-24-32-54(33-25-51)56-36-44-60(45-37-56)80-64-48-62(74-58-40-28-50(8-4)29-41-58)66-68(70(64)76)73(79)67-63(75-59-42-30-53(31-43-59)23-20-17-14-11-7-3)49-65(71(77)69(67)72(66)78)81-61-46-38-57(39-47-61)55-34-26-52(27-35-55)22-19-16-13-10-6-2/h28-31,36-49,51-52,54-55,74-77H,5-27,32-35H2,1-4H3. The molecule has 2 saturated carbocycles. The molecule has 3 aliphatic rings. The lowest BCUT2D eigenvalue weighted by molar-refractivity contribution is 0.0974. The van der Waals surface area contributed by atoms with E-state index in [-0.39, 0.29) is 45.1 Å². The van der Waals surface area contributed by atoms with Gasteiger partial charge in [0.15, 0.2) is 23.0 Å². The van der Waals surface area contributed by atoms with E-state index in [0.29, 0.717) is 34.7 Å². The number of anilines is 4. The van der Waals surface area contributed by atoms with Crippen molar-refractivity contribution in [2.24, 2.45) is 11.8 Å². The first-order valence-corrected chi connectivity index (χ1v) is 31.8. The topological polar surface area (TPSA) is 117 Å². The minimum atomic E-state index is -0.638. The lowest BCUT2D eigenvalue weighted by Crippen LogP contribution is -2.24. The van der Waals surface area contributed by atoms with Gasteiger partial charge in [-0.3, -0.25) is 9.59 Å². The quantitative estimate of drug-likeness (QED) is 0.0271. The number of ketones is 2. The molecule has 0 unspecified atom stereocenters. The Morgan fingerprint density at radius 3 is 1.17 bits per heavy atom. The van der Waals surface area contributed by atoms with Crippen LogP contribution in [0.4, 0.5) is 22.7 Å². The van der Waals surface area contributed by atoms with Gasteiger partial charge in [-0.15, -0.1) is 0 Å². The van der Waals surface area contributed by atoms with Gasteiger partial charge in [0.05, 0.1) is 33.6 Å². The van der Waals surface area contributed by atoms with E-state index in [9.17, 15) is 10.2 Å². The molecule has 430 valence electrons. The molecule has 0 spiro atoms. The Kier molecular flexibility index (Phi) is 21.5. The lowest BCUT2D eigenvalue weighted by atomic mass is 9.77. The largest absolute Gasteiger partial charge is 0.504 e. The highest BCUT2D eigenvalue weighted by atomic mass is 16.5. The average Bonchev–Trinajstić information content (AvgIpc) is 2.91. The van der Waals surface area contributed by atoms with Gasteiger partial charge < -0.3 is 30.3 Å². The van der Waals surface area contributed by atoms with Crippen LogP contribution < -0.4 is 20.1 Å². The van der Waals surface area contributed by atoms with Crippen molar-refractivity contribution in [2.45, 2.75) is 213 Å². The lowest BCUT2D eigenvalue weighted by Gasteiger charge is -2.29. The van der Waals surface area contributed by atoms with Crippen LogP contribution in [0.5, 0.6) is 34.5 Å². The minimum absolute atomic E-state index is 0.0245. The molecule has 0 radical (unpaired) electrons. The summed E-state index contributed by atoms with van der Waals surface area (Å²) in [7, 11) is 0. The number of phenolic OH excluding ortho intramolecular Hbond substituents is 2. The molecule has 0 heterocycles. The monoisotopic (exact) mass is 1090 g/mol. The van der Waals surface area contributed by atoms with Gasteiger partial charge in [0.2, 0.25) is 11.6 Å². The Labute approximate surface area is 484 Å². The van der Waals surface area contributed by atoms with E-state index in [1.165, 1.54) is 171 Å². The second-order valence-corrected chi connectivity index (χ2v) is 24.0. The zero-order valence-electron chi connectivity index (χ0n) is 49.3. The van der Waals surface area contributed by atoms with Crippen LogP contribution >= 0.6 is 0 Å². The zero-order valence-corrected chi connectivity index (χ0v) is 49.3. The number of benzene rings is 6. The second kappa shape index (κ2) is 29.4. The molecule has 4 N–H and O–H groups in total. The Morgan fingerprint density at radius 2 is 0.790 bits per heavy atom. The first kappa shape index (κ1) is 59.1. The Balaban J connectivity index is 1.01. The summed E-state index contributed by atoms with van der Waals surface area (Å²) in [5, 5.41) is 31.6. The number of ether oxygens (including phenoxy) is 2. The molecule has 8 heteroatoms. The molecule has 0 amide bonds. The molecule has 0 saturated heterocycles. The number of nitrogens with one attached hydrogen (secondary N) is 2. The van der Waals surface area contributed by atoms with Crippen LogP contribution in [0.25, 0.3) is 0 Å². The van der Waals surface area contributed by atoms with Gasteiger partial charge in [0, 0.05) is 23.5 Å². The predicted molar refractivity (Wildman–Crippen MR) is 334 cm³/mol. The second-order valence-electron chi connectivity index (χ2n) is 24.0. The number of hydrogen-bond donors (Lipinski definition) is 4. The third kappa shape index (κ3) is 15.3. The summed E-state index contributed by atoms with van der Waals surface area (Å²) >= 11 is 0. The molecule has 9 rings (SSSR count). The van der Waals surface area contributed by atoms with Gasteiger partial charge in [-0.25, -0.2) is 0 Å². The summed E-state index contributed by atoms with van der Waals surface area (Å²) in [4.78, 5) is 31.0. The number of rotatable bonds is 29. The van der Waals surface area contributed by atoms with Crippen LogP contribution in [-0.4, -0.2) is 21.8 Å². The molecule has 6 aromatic carbocycles. The van der Waals surface area contributed by atoms with Gasteiger partial charge in [0.1, 0.15) is 11.5 Å². The van der Waals surface area contributed by atoms with Crippen molar-refractivity contribution >= 4 is 34.3 Å². The summed E-state index contributed by atoms with van der Waals surface area (Å²) in [6.45, 7) is 8.86. The van der Waals surface area contributed by atoms with Crippen molar-refractivity contribution in [1.82, 2.24) is 0 Å². The van der Waals surface area contributed by atoms with Crippen LogP contribution in [0.1, 0.15) is 254 Å². The number of aromatic hydroxyl groups is 2. The summed E-state index contributed by atoms with van der Waals surface area (Å²) < 4.78 is 13.1. The van der Waals surface area contributed by atoms with Gasteiger partial charge in [-0.2, -0.15) is 0 Å². The third-order valence-corrected chi connectivity index (χ3v) is 18.2. The molecular weight excluding hydrogens is 1000 g/mol. The van der Waals surface area contributed by atoms with Gasteiger partial charge in [0.25, 0.3) is 0 Å². The SMILES string of the molecule is CCCCCCCc1ccc(Nc2cc(Oc3ccc(C4CCC(CCCCCCC)CC4)cc3)c(O)c3c2C(=O)c2c(O)c(Oc4ccc(C5CCC(CCCCCCC)CC5)cc4)cc(Nc4ccc(CC)cc4)c2C3=O)cc1. The number of fused-ring (bicyclic) bond motifs is 2. The van der Waals surface area contributed by atoms with Gasteiger partial charge >= 0.3 is 0 Å². The first-order valence-electron chi connectivity index (χ1n) is 31.8. The normalized spacial score (nSPS) is 17.8. The fraction of sp³-hybridized carbons (Fsp3) is 0.479. The molecule has 3 aliphatic carbocycles. The van der Waals surface area contributed by atoms with Crippen molar-refractivity contribution in [3.63, 3.8) is 0 Å². The summed E-state index contributed by atoms with van der Waals surface area (Å²) in [5.74, 6) is 1.48. The number of phenols is 2. The zero-order chi connectivity index (χ0) is 56.5. The molecule has 2 fully saturated rings. The van der Waals surface area contributed by atoms with Crippen molar-refractivity contribution in [3.05, 3.63) is 154 Å². The van der Waals surface area contributed by atoms with Crippen LogP contribution in [0.3, 0.4) is 0 Å². The Hall–Kier alpha value is -6.54. The van der Waals surface area contributed by atoms with E-state index in [1.807, 2.05) is 60.7 Å². The van der Waals surface area contributed by atoms with E-state index in [1.54, 1.807) is 12.1 Å². The van der Waals surface area contributed by atoms with Crippen LogP contribution in [0.15, 0.2) is 109 Å². The van der Waals surface area contributed by atoms with Crippen LogP contribution in [0.2, 0.25) is 0 Å². The fourth-order valence-corrected chi connectivity index (χ4v) is 13.1. The smallest absolute Gasteiger partial charge is 0.200 e. The van der Waals surface area contributed by atoms with E-state index in [2.05, 4.69) is 74.7 Å².